The predicted octanol–water partition coefficient (Wildman–Crippen LogP) is 2.10. The molecule has 114 valence electrons. The molecule has 0 aliphatic carbocycles. The first-order valence-electron chi connectivity index (χ1n) is 6.80. The van der Waals surface area contributed by atoms with Crippen LogP contribution in [0.15, 0.2) is 28.7 Å². The van der Waals surface area contributed by atoms with Crippen molar-refractivity contribution in [2.75, 3.05) is 31.7 Å². The Hall–Kier alpha value is -1.99. The zero-order valence-electron chi connectivity index (χ0n) is 12.2. The summed E-state index contributed by atoms with van der Waals surface area (Å²) < 4.78 is 24.3. The van der Waals surface area contributed by atoms with Crippen LogP contribution in [0.2, 0.25) is 0 Å². The van der Waals surface area contributed by atoms with Crippen molar-refractivity contribution in [3.05, 3.63) is 36.0 Å². The first-order valence-corrected chi connectivity index (χ1v) is 6.80. The van der Waals surface area contributed by atoms with Crippen molar-refractivity contribution >= 4 is 11.7 Å². The second-order valence-corrected chi connectivity index (χ2v) is 4.34. The molecule has 0 radical (unpaired) electrons. The van der Waals surface area contributed by atoms with Gasteiger partial charge in [-0.2, -0.15) is 0 Å². The van der Waals surface area contributed by atoms with Crippen LogP contribution in [0.4, 0.5) is 16.1 Å². The van der Waals surface area contributed by atoms with Crippen molar-refractivity contribution in [3.8, 4) is 0 Å². The molecule has 1 aromatic carbocycles. The van der Waals surface area contributed by atoms with Crippen LogP contribution in [0.5, 0.6) is 0 Å². The van der Waals surface area contributed by atoms with Gasteiger partial charge in [0.25, 0.3) is 0 Å². The molecule has 21 heavy (non-hydrogen) atoms. The van der Waals surface area contributed by atoms with Crippen LogP contribution < -0.4 is 10.2 Å². The molecule has 0 spiro atoms. The van der Waals surface area contributed by atoms with Crippen molar-refractivity contribution in [2.45, 2.75) is 13.5 Å². The molecule has 6 nitrogen and oxygen atoms in total. The number of rotatable bonds is 8. The Labute approximate surface area is 122 Å². The van der Waals surface area contributed by atoms with E-state index < -0.39 is 0 Å². The Kier molecular flexibility index (Phi) is 5.65. The molecule has 0 saturated heterocycles. The van der Waals surface area contributed by atoms with E-state index in [9.17, 15) is 4.39 Å². The number of benzene rings is 1. The van der Waals surface area contributed by atoms with Crippen LogP contribution in [0.3, 0.4) is 0 Å². The summed E-state index contributed by atoms with van der Waals surface area (Å²) in [7, 11) is 1.64. The van der Waals surface area contributed by atoms with Gasteiger partial charge in [0.15, 0.2) is 0 Å². The third-order valence-corrected chi connectivity index (χ3v) is 2.91. The van der Waals surface area contributed by atoms with Gasteiger partial charge in [0.05, 0.1) is 18.8 Å². The molecule has 1 N–H and O–H groups in total. The number of para-hydroxylation sites is 1. The van der Waals surface area contributed by atoms with Gasteiger partial charge in [-0.3, -0.25) is 4.90 Å². The average Bonchev–Trinajstić information content (AvgIpc) is 2.95. The van der Waals surface area contributed by atoms with Crippen LogP contribution >= 0.6 is 0 Å². The third kappa shape index (κ3) is 3.99. The van der Waals surface area contributed by atoms with E-state index >= 15 is 0 Å². The van der Waals surface area contributed by atoms with E-state index in [1.807, 2.05) is 6.92 Å². The van der Waals surface area contributed by atoms with Gasteiger partial charge in [0.1, 0.15) is 5.82 Å². The fourth-order valence-electron chi connectivity index (χ4n) is 1.87. The Morgan fingerprint density at radius 1 is 1.33 bits per heavy atom. The van der Waals surface area contributed by atoms with Gasteiger partial charge in [0.2, 0.25) is 5.89 Å². The van der Waals surface area contributed by atoms with E-state index in [0.717, 1.165) is 0 Å². The fourth-order valence-corrected chi connectivity index (χ4v) is 1.87. The molecule has 0 fully saturated rings. The summed E-state index contributed by atoms with van der Waals surface area (Å²) in [6.45, 7) is 4.17. The first kappa shape index (κ1) is 15.4. The molecule has 0 atom stereocenters. The topological polar surface area (TPSA) is 63.4 Å². The molecule has 0 amide bonds. The van der Waals surface area contributed by atoms with Crippen LogP contribution in [0.25, 0.3) is 0 Å². The zero-order valence-corrected chi connectivity index (χ0v) is 12.2. The maximum absolute atomic E-state index is 13.8. The second kappa shape index (κ2) is 7.70. The number of hydrogen-bond acceptors (Lipinski definition) is 6. The second-order valence-electron chi connectivity index (χ2n) is 4.34. The average molecular weight is 294 g/mol. The van der Waals surface area contributed by atoms with E-state index in [1.54, 1.807) is 30.2 Å². The maximum atomic E-state index is 13.8. The van der Waals surface area contributed by atoms with Gasteiger partial charge in [0, 0.05) is 20.2 Å². The summed E-state index contributed by atoms with van der Waals surface area (Å²) in [5.74, 6) is 0.133. The summed E-state index contributed by atoms with van der Waals surface area (Å²) in [6, 6.07) is 6.78. The molecule has 2 rings (SSSR count). The van der Waals surface area contributed by atoms with Crippen molar-refractivity contribution < 1.29 is 13.5 Å². The molecule has 0 bridgehead atoms. The summed E-state index contributed by atoms with van der Waals surface area (Å²) >= 11 is 0. The highest BCUT2D eigenvalue weighted by Crippen LogP contribution is 2.26. The van der Waals surface area contributed by atoms with Crippen molar-refractivity contribution in [1.29, 1.82) is 0 Å². The Bertz CT molecular complexity index is 561. The highest BCUT2D eigenvalue weighted by molar-refractivity contribution is 5.56. The molecule has 7 heteroatoms. The molecule has 0 saturated carbocycles. The molecule has 1 heterocycles. The molecular formula is C14H19FN4O2. The van der Waals surface area contributed by atoms with Gasteiger partial charge < -0.3 is 14.5 Å². The van der Waals surface area contributed by atoms with Gasteiger partial charge in [-0.1, -0.05) is 17.2 Å². The molecule has 0 aliphatic heterocycles. The van der Waals surface area contributed by atoms with Gasteiger partial charge in [-0.15, -0.1) is 5.10 Å². The minimum Gasteiger partial charge on any atom is -0.406 e. The smallest absolute Gasteiger partial charge is 0.322 e. The SMILES string of the molecule is CCN(c1nnc(CNCCOC)o1)c1ccccc1F. The Morgan fingerprint density at radius 3 is 2.86 bits per heavy atom. The van der Waals surface area contributed by atoms with Crippen LogP contribution in [0.1, 0.15) is 12.8 Å². The summed E-state index contributed by atoms with van der Waals surface area (Å²) in [4.78, 5) is 1.64. The van der Waals surface area contributed by atoms with Crippen molar-refractivity contribution in [1.82, 2.24) is 15.5 Å². The van der Waals surface area contributed by atoms with Crippen molar-refractivity contribution in [3.63, 3.8) is 0 Å². The number of aromatic nitrogens is 2. The lowest BCUT2D eigenvalue weighted by atomic mass is 10.3. The normalized spacial score (nSPS) is 10.8. The van der Waals surface area contributed by atoms with Gasteiger partial charge >= 0.3 is 6.01 Å². The van der Waals surface area contributed by atoms with Crippen LogP contribution in [-0.4, -0.2) is 37.0 Å². The summed E-state index contributed by atoms with van der Waals surface area (Å²) in [6.07, 6.45) is 0. The Morgan fingerprint density at radius 2 is 2.14 bits per heavy atom. The standard InChI is InChI=1S/C14H19FN4O2/c1-3-19(12-7-5-4-6-11(12)15)14-18-17-13(21-14)10-16-8-9-20-2/h4-7,16H,3,8-10H2,1-2H3. The molecule has 2 aromatic rings. The highest BCUT2D eigenvalue weighted by Gasteiger charge is 2.17. The van der Waals surface area contributed by atoms with E-state index in [-0.39, 0.29) is 11.8 Å². The Balaban J connectivity index is 2.06. The largest absolute Gasteiger partial charge is 0.406 e. The van der Waals surface area contributed by atoms with Gasteiger partial charge in [-0.05, 0) is 19.1 Å². The van der Waals surface area contributed by atoms with E-state index in [1.165, 1.54) is 6.07 Å². The van der Waals surface area contributed by atoms with Crippen LogP contribution in [-0.2, 0) is 11.3 Å². The number of nitrogens with one attached hydrogen (secondary N) is 1. The lowest BCUT2D eigenvalue weighted by Crippen LogP contribution is -2.19. The van der Waals surface area contributed by atoms with Crippen LogP contribution in [0, 0.1) is 5.82 Å². The third-order valence-electron chi connectivity index (χ3n) is 2.91. The van der Waals surface area contributed by atoms with E-state index in [2.05, 4.69) is 15.5 Å². The summed E-state index contributed by atoms with van der Waals surface area (Å²) in [5, 5.41) is 11.0. The highest BCUT2D eigenvalue weighted by atomic mass is 19.1. The first-order chi connectivity index (χ1) is 10.3. The number of nitrogens with zero attached hydrogens (tertiary/aromatic N) is 3. The predicted molar refractivity (Wildman–Crippen MR) is 77.0 cm³/mol. The fraction of sp³-hybridized carbons (Fsp3) is 0.429. The minimum atomic E-state index is -0.322. The monoisotopic (exact) mass is 294 g/mol. The van der Waals surface area contributed by atoms with Crippen molar-refractivity contribution in [2.24, 2.45) is 0 Å². The van der Waals surface area contributed by atoms with E-state index in [4.69, 9.17) is 9.15 Å². The lowest BCUT2D eigenvalue weighted by molar-refractivity contribution is 0.198. The number of halogens is 1. The number of anilines is 2. The van der Waals surface area contributed by atoms with Gasteiger partial charge in [-0.25, -0.2) is 4.39 Å². The minimum absolute atomic E-state index is 0.283. The van der Waals surface area contributed by atoms with E-state index in [0.29, 0.717) is 37.8 Å². The molecule has 1 aromatic heterocycles. The number of ether oxygens (including phenoxy) is 1. The quantitative estimate of drug-likeness (QED) is 0.752. The molecular weight excluding hydrogens is 275 g/mol. The number of methoxy groups -OCH3 is 1. The molecule has 0 aliphatic rings. The zero-order chi connectivity index (χ0) is 15.1. The molecule has 0 unspecified atom stereocenters. The lowest BCUT2D eigenvalue weighted by Gasteiger charge is -2.18. The summed E-state index contributed by atoms with van der Waals surface area (Å²) in [5.41, 5.74) is 0.419. The number of hydrogen-bond donors (Lipinski definition) is 1. The maximum Gasteiger partial charge on any atom is 0.322 e.